The van der Waals surface area contributed by atoms with Crippen LogP contribution < -0.4 is 5.32 Å². The molecule has 1 heterocycles. The molecule has 0 aliphatic heterocycles. The number of carbonyl (C=O) groups excluding carboxylic acids is 2. The molecule has 29 heavy (non-hydrogen) atoms. The maximum absolute atomic E-state index is 13.1. The van der Waals surface area contributed by atoms with Gasteiger partial charge in [-0.15, -0.1) is 5.10 Å². The van der Waals surface area contributed by atoms with Gasteiger partial charge in [0.05, 0.1) is 17.5 Å². The second-order valence-corrected chi connectivity index (χ2v) is 9.08. The second kappa shape index (κ2) is 9.91. The average Bonchev–Trinajstić information content (AvgIpc) is 3.08. The lowest BCUT2D eigenvalue weighted by Gasteiger charge is -2.15. The predicted molar refractivity (Wildman–Crippen MR) is 116 cm³/mol. The lowest BCUT2D eigenvalue weighted by atomic mass is 10.0. The number of rotatable bonds is 8. The van der Waals surface area contributed by atoms with Gasteiger partial charge in [-0.3, -0.25) is 9.59 Å². The van der Waals surface area contributed by atoms with Crippen molar-refractivity contribution in [1.82, 2.24) is 15.1 Å². The molecule has 0 saturated carbocycles. The Bertz CT molecular complexity index is 1050. The standard InChI is InChI=1S/C20H18FN3O2S3/c1-13(25)17(11-14-5-3-2-4-6-14)22-18(26)12-28-19-23-24(20(27)29-19)16-9-7-15(21)8-10-16/h2-10,17H,11-12H2,1H3,(H,22,26)/t17-/m1/s1. The number of aromatic nitrogens is 2. The highest BCUT2D eigenvalue weighted by Crippen LogP contribution is 2.24. The average molecular weight is 448 g/mol. The molecule has 9 heteroatoms. The molecule has 0 fully saturated rings. The van der Waals surface area contributed by atoms with Crippen LogP contribution in [-0.4, -0.2) is 33.3 Å². The quantitative estimate of drug-likeness (QED) is 0.414. The van der Waals surface area contributed by atoms with Gasteiger partial charge < -0.3 is 5.32 Å². The number of amides is 1. The van der Waals surface area contributed by atoms with E-state index in [1.165, 1.54) is 46.8 Å². The number of halogens is 1. The monoisotopic (exact) mass is 447 g/mol. The Labute approximate surface area is 181 Å². The third-order valence-electron chi connectivity index (χ3n) is 4.04. The van der Waals surface area contributed by atoms with Crippen molar-refractivity contribution >= 4 is 47.0 Å². The molecular weight excluding hydrogens is 429 g/mol. The van der Waals surface area contributed by atoms with E-state index in [4.69, 9.17) is 12.2 Å². The maximum Gasteiger partial charge on any atom is 0.231 e. The first-order chi connectivity index (χ1) is 13.9. The number of Topliss-reactive ketones (excluding diaryl/α,β-unsaturated/α-hetero) is 1. The van der Waals surface area contributed by atoms with Gasteiger partial charge in [-0.1, -0.05) is 53.4 Å². The minimum absolute atomic E-state index is 0.0940. The Kier molecular flexibility index (Phi) is 7.29. The summed E-state index contributed by atoms with van der Waals surface area (Å²) in [6.45, 7) is 1.47. The van der Waals surface area contributed by atoms with E-state index in [0.29, 0.717) is 20.4 Å². The zero-order chi connectivity index (χ0) is 20.8. The maximum atomic E-state index is 13.1. The molecular formula is C20H18FN3O2S3. The van der Waals surface area contributed by atoms with E-state index in [0.717, 1.165) is 5.56 Å². The van der Waals surface area contributed by atoms with Crippen LogP contribution in [0.4, 0.5) is 4.39 Å². The largest absolute Gasteiger partial charge is 0.345 e. The first-order valence-electron chi connectivity index (χ1n) is 8.75. The highest BCUT2D eigenvalue weighted by molar-refractivity contribution is 8.01. The molecule has 150 valence electrons. The fourth-order valence-electron chi connectivity index (χ4n) is 2.57. The number of thioether (sulfide) groups is 1. The Morgan fingerprint density at radius 3 is 2.55 bits per heavy atom. The summed E-state index contributed by atoms with van der Waals surface area (Å²) < 4.78 is 15.8. The predicted octanol–water partition coefficient (Wildman–Crippen LogP) is 4.21. The van der Waals surface area contributed by atoms with Crippen LogP contribution in [0.1, 0.15) is 12.5 Å². The zero-order valence-corrected chi connectivity index (χ0v) is 18.0. The Morgan fingerprint density at radius 1 is 1.21 bits per heavy atom. The molecule has 5 nitrogen and oxygen atoms in total. The molecule has 0 bridgehead atoms. The summed E-state index contributed by atoms with van der Waals surface area (Å²) >= 11 is 7.83. The first kappa shape index (κ1) is 21.4. The van der Waals surface area contributed by atoms with Crippen LogP contribution in [0.25, 0.3) is 5.69 Å². The summed E-state index contributed by atoms with van der Waals surface area (Å²) in [5.41, 5.74) is 1.64. The molecule has 3 rings (SSSR count). The van der Waals surface area contributed by atoms with E-state index < -0.39 is 6.04 Å². The van der Waals surface area contributed by atoms with Crippen molar-refractivity contribution in [2.24, 2.45) is 0 Å². The summed E-state index contributed by atoms with van der Waals surface area (Å²) in [7, 11) is 0. The number of hydrogen-bond donors (Lipinski definition) is 1. The van der Waals surface area contributed by atoms with Crippen LogP contribution >= 0.6 is 35.3 Å². The fourth-order valence-corrected chi connectivity index (χ4v) is 4.75. The topological polar surface area (TPSA) is 64.0 Å². The number of carbonyl (C=O) groups is 2. The molecule has 1 amide bonds. The molecule has 2 aromatic carbocycles. The Hall–Kier alpha value is -2.36. The summed E-state index contributed by atoms with van der Waals surface area (Å²) in [5.74, 6) is -0.564. The highest BCUT2D eigenvalue weighted by Gasteiger charge is 2.18. The van der Waals surface area contributed by atoms with Crippen molar-refractivity contribution in [1.29, 1.82) is 0 Å². The van der Waals surface area contributed by atoms with Gasteiger partial charge in [0, 0.05) is 0 Å². The number of nitrogens with one attached hydrogen (secondary N) is 1. The molecule has 0 aliphatic rings. The van der Waals surface area contributed by atoms with Crippen molar-refractivity contribution in [2.75, 3.05) is 5.75 Å². The number of ketones is 1. The van der Waals surface area contributed by atoms with Crippen LogP contribution in [0, 0.1) is 9.77 Å². The summed E-state index contributed by atoms with van der Waals surface area (Å²) in [5, 5.41) is 7.18. The van der Waals surface area contributed by atoms with Gasteiger partial charge in [0.15, 0.2) is 14.1 Å². The third kappa shape index (κ3) is 6.06. The van der Waals surface area contributed by atoms with Crippen LogP contribution in [0.15, 0.2) is 58.9 Å². The molecule has 0 saturated heterocycles. The van der Waals surface area contributed by atoms with E-state index in [1.54, 1.807) is 12.1 Å². The van der Waals surface area contributed by atoms with Crippen LogP contribution in [0.3, 0.4) is 0 Å². The van der Waals surface area contributed by atoms with E-state index in [2.05, 4.69) is 10.4 Å². The molecule has 1 atom stereocenters. The van der Waals surface area contributed by atoms with Crippen molar-refractivity contribution in [3.8, 4) is 5.69 Å². The van der Waals surface area contributed by atoms with Gasteiger partial charge in [0.2, 0.25) is 5.91 Å². The van der Waals surface area contributed by atoms with Gasteiger partial charge in [-0.05, 0) is 55.4 Å². The normalized spacial score (nSPS) is 11.8. The third-order valence-corrected chi connectivity index (χ3v) is 6.40. The summed E-state index contributed by atoms with van der Waals surface area (Å²) in [6, 6.07) is 14.8. The van der Waals surface area contributed by atoms with Crippen LogP contribution in [-0.2, 0) is 16.0 Å². The summed E-state index contributed by atoms with van der Waals surface area (Å²) in [6.07, 6.45) is 0.449. The molecule has 0 aliphatic carbocycles. The smallest absolute Gasteiger partial charge is 0.231 e. The molecule has 0 spiro atoms. The minimum Gasteiger partial charge on any atom is -0.345 e. The van der Waals surface area contributed by atoms with E-state index in [9.17, 15) is 14.0 Å². The van der Waals surface area contributed by atoms with Crippen molar-refractivity contribution in [2.45, 2.75) is 23.7 Å². The first-order valence-corrected chi connectivity index (χ1v) is 11.0. The molecule has 0 unspecified atom stereocenters. The van der Waals surface area contributed by atoms with Crippen LogP contribution in [0.2, 0.25) is 0 Å². The minimum atomic E-state index is -0.569. The fraction of sp³-hybridized carbons (Fsp3) is 0.200. The van der Waals surface area contributed by atoms with Gasteiger partial charge in [-0.25, -0.2) is 9.07 Å². The van der Waals surface area contributed by atoms with E-state index in [1.807, 2.05) is 30.3 Å². The van der Waals surface area contributed by atoms with E-state index in [-0.39, 0.29) is 23.3 Å². The van der Waals surface area contributed by atoms with Gasteiger partial charge >= 0.3 is 0 Å². The zero-order valence-electron chi connectivity index (χ0n) is 15.5. The molecule has 1 aromatic heterocycles. The SMILES string of the molecule is CC(=O)[C@@H](Cc1ccccc1)NC(=O)CSc1nn(-c2ccc(F)cc2)c(=S)s1. The van der Waals surface area contributed by atoms with Crippen molar-refractivity contribution in [3.05, 3.63) is 69.9 Å². The van der Waals surface area contributed by atoms with E-state index >= 15 is 0 Å². The van der Waals surface area contributed by atoms with Gasteiger partial charge in [0.25, 0.3) is 0 Å². The van der Waals surface area contributed by atoms with Gasteiger partial charge in [-0.2, -0.15) is 0 Å². The van der Waals surface area contributed by atoms with Crippen LogP contribution in [0.5, 0.6) is 0 Å². The highest BCUT2D eigenvalue weighted by atomic mass is 32.2. The molecule has 1 N–H and O–H groups in total. The number of hydrogen-bond acceptors (Lipinski definition) is 6. The lowest BCUT2D eigenvalue weighted by Crippen LogP contribution is -2.42. The number of benzene rings is 2. The number of nitrogens with zero attached hydrogens (tertiary/aromatic N) is 2. The summed E-state index contributed by atoms with van der Waals surface area (Å²) in [4.78, 5) is 24.3. The Balaban J connectivity index is 1.60. The van der Waals surface area contributed by atoms with Gasteiger partial charge in [0.1, 0.15) is 5.82 Å². The Morgan fingerprint density at radius 2 is 1.90 bits per heavy atom. The van der Waals surface area contributed by atoms with Crippen molar-refractivity contribution < 1.29 is 14.0 Å². The molecule has 3 aromatic rings. The second-order valence-electron chi connectivity index (χ2n) is 6.23. The molecule has 0 radical (unpaired) electrons. The van der Waals surface area contributed by atoms with Crippen molar-refractivity contribution in [3.63, 3.8) is 0 Å². The lowest BCUT2D eigenvalue weighted by molar-refractivity contribution is -0.125.